The van der Waals surface area contributed by atoms with E-state index in [1.165, 1.54) is 12.0 Å². The molecule has 2 aliphatic heterocycles. The van der Waals surface area contributed by atoms with E-state index in [4.69, 9.17) is 30.5 Å². The molecule has 5 atom stereocenters. The van der Waals surface area contributed by atoms with Crippen LogP contribution in [0.2, 0.25) is 5.02 Å². The molecule has 3 amide bonds. The van der Waals surface area contributed by atoms with E-state index in [1.807, 2.05) is 13.0 Å². The number of rotatable bonds is 6. The standard InChI is InChI=1S/C35H47ClN4O8/c1-6-46-28-18-27(23-14-12-15-24(36)29(23)38-28)47-22-17-26-30(41)39-35(32(43)45-5)19-21(35)13-10-8-7-9-11-16-25(31(42)40(26)20-22)37-33(44)48-34(2,3)4/h12,14-15,18,21-22,25-26H,6-11,13,16-17,19-20H2,1-5H3,(H,37,44)(H,39,41). The number of para-hydroxylation sites is 1. The first kappa shape index (κ1) is 35.5. The van der Waals surface area contributed by atoms with Crippen molar-refractivity contribution in [3.05, 3.63) is 29.3 Å². The number of alkyl carbamates (subject to hydrolysis) is 1. The Bertz CT molecular complexity index is 1530. The quantitative estimate of drug-likeness (QED) is 0.386. The zero-order valence-electron chi connectivity index (χ0n) is 28.4. The third kappa shape index (κ3) is 8.07. The highest BCUT2D eigenvalue weighted by molar-refractivity contribution is 6.35. The van der Waals surface area contributed by atoms with E-state index in [9.17, 15) is 19.2 Å². The minimum absolute atomic E-state index is 0.0388. The second-order valence-electron chi connectivity index (χ2n) is 13.9. The lowest BCUT2D eigenvalue weighted by molar-refractivity contribution is -0.148. The number of pyridine rings is 1. The van der Waals surface area contributed by atoms with Gasteiger partial charge in [0, 0.05) is 17.9 Å². The van der Waals surface area contributed by atoms with Gasteiger partial charge in [-0.15, -0.1) is 0 Å². The van der Waals surface area contributed by atoms with Gasteiger partial charge >= 0.3 is 12.1 Å². The van der Waals surface area contributed by atoms with Gasteiger partial charge in [-0.25, -0.2) is 14.6 Å². The van der Waals surface area contributed by atoms with E-state index in [2.05, 4.69) is 15.6 Å². The molecule has 1 aliphatic carbocycles. The van der Waals surface area contributed by atoms with Gasteiger partial charge in [-0.3, -0.25) is 9.59 Å². The molecule has 5 rings (SSSR count). The maximum absolute atomic E-state index is 14.3. The van der Waals surface area contributed by atoms with Crippen molar-refractivity contribution in [3.63, 3.8) is 0 Å². The second-order valence-corrected chi connectivity index (χ2v) is 14.3. The first-order valence-corrected chi connectivity index (χ1v) is 17.3. The summed E-state index contributed by atoms with van der Waals surface area (Å²) in [6.07, 6.45) is 4.89. The third-order valence-corrected chi connectivity index (χ3v) is 9.50. The van der Waals surface area contributed by atoms with Gasteiger partial charge < -0.3 is 34.5 Å². The number of aromatic nitrogens is 1. The number of hydrogen-bond acceptors (Lipinski definition) is 9. The summed E-state index contributed by atoms with van der Waals surface area (Å²) in [5.74, 6) is -0.630. The number of methoxy groups -OCH3 is 1. The molecule has 3 fully saturated rings. The first-order chi connectivity index (χ1) is 22.8. The molecule has 2 N–H and O–H groups in total. The van der Waals surface area contributed by atoms with Gasteiger partial charge in [0.25, 0.3) is 0 Å². The van der Waals surface area contributed by atoms with Crippen LogP contribution in [0.5, 0.6) is 11.6 Å². The average Bonchev–Trinajstić information content (AvgIpc) is 3.55. The Labute approximate surface area is 286 Å². The van der Waals surface area contributed by atoms with Crippen molar-refractivity contribution >= 4 is 46.4 Å². The van der Waals surface area contributed by atoms with Crippen LogP contribution in [0.3, 0.4) is 0 Å². The number of amides is 3. The van der Waals surface area contributed by atoms with Crippen LogP contribution in [-0.4, -0.2) is 83.3 Å². The molecule has 2 saturated heterocycles. The number of nitrogens with zero attached hydrogens (tertiary/aromatic N) is 2. The lowest BCUT2D eigenvalue weighted by Gasteiger charge is -2.30. The van der Waals surface area contributed by atoms with Crippen LogP contribution in [0.1, 0.15) is 85.5 Å². The van der Waals surface area contributed by atoms with Gasteiger partial charge in [-0.2, -0.15) is 0 Å². The van der Waals surface area contributed by atoms with Crippen LogP contribution in [-0.2, 0) is 23.9 Å². The largest absolute Gasteiger partial charge is 0.488 e. The summed E-state index contributed by atoms with van der Waals surface area (Å²) >= 11 is 6.49. The van der Waals surface area contributed by atoms with Crippen molar-refractivity contribution in [3.8, 4) is 11.6 Å². The minimum atomic E-state index is -1.13. The van der Waals surface area contributed by atoms with E-state index in [1.54, 1.807) is 39.0 Å². The fourth-order valence-corrected chi connectivity index (χ4v) is 7.05. The molecule has 3 heterocycles. The van der Waals surface area contributed by atoms with Gasteiger partial charge in [-0.05, 0) is 65.0 Å². The number of fused-ring (bicyclic) bond motifs is 3. The van der Waals surface area contributed by atoms with Crippen molar-refractivity contribution in [1.29, 1.82) is 0 Å². The number of carbonyl (C=O) groups is 4. The second kappa shape index (κ2) is 14.8. The molecule has 1 aromatic carbocycles. The zero-order valence-corrected chi connectivity index (χ0v) is 29.2. The van der Waals surface area contributed by atoms with Crippen molar-refractivity contribution in [2.24, 2.45) is 5.92 Å². The lowest BCUT2D eigenvalue weighted by atomic mass is 10.0. The first-order valence-electron chi connectivity index (χ1n) is 16.9. The molecular formula is C35H47ClN4O8. The van der Waals surface area contributed by atoms with Crippen LogP contribution < -0.4 is 20.1 Å². The third-order valence-electron chi connectivity index (χ3n) is 9.20. The summed E-state index contributed by atoms with van der Waals surface area (Å²) < 4.78 is 22.8. The molecule has 48 heavy (non-hydrogen) atoms. The fourth-order valence-electron chi connectivity index (χ4n) is 6.83. The molecular weight excluding hydrogens is 640 g/mol. The van der Waals surface area contributed by atoms with Gasteiger partial charge in [0.05, 0.1) is 30.8 Å². The SMILES string of the molecule is CCOc1cc(OC2CC3C(=O)NC4(C(=O)OC)CC4CCCCCCCC(NC(=O)OC(C)(C)C)C(=O)N3C2)c2cccc(Cl)c2n1. The Hall–Kier alpha value is -3.80. The highest BCUT2D eigenvalue weighted by atomic mass is 35.5. The van der Waals surface area contributed by atoms with Gasteiger partial charge in [0.1, 0.15) is 35.1 Å². The summed E-state index contributed by atoms with van der Waals surface area (Å²) in [4.78, 5) is 60.4. The van der Waals surface area contributed by atoms with E-state index < -0.39 is 53.2 Å². The predicted molar refractivity (Wildman–Crippen MR) is 179 cm³/mol. The Morgan fingerprint density at radius 1 is 1.12 bits per heavy atom. The normalized spacial score (nSPS) is 26.7. The van der Waals surface area contributed by atoms with Crippen LogP contribution >= 0.6 is 11.6 Å². The predicted octanol–water partition coefficient (Wildman–Crippen LogP) is 5.32. The van der Waals surface area contributed by atoms with Crippen LogP contribution in [0.4, 0.5) is 4.79 Å². The number of hydrogen-bond donors (Lipinski definition) is 2. The fraction of sp³-hybridized carbons (Fsp3) is 0.629. The van der Waals surface area contributed by atoms with Gasteiger partial charge in [0.15, 0.2) is 0 Å². The maximum Gasteiger partial charge on any atom is 0.408 e. The molecule has 262 valence electrons. The molecule has 0 bridgehead atoms. The summed E-state index contributed by atoms with van der Waals surface area (Å²) in [6.45, 7) is 7.55. The van der Waals surface area contributed by atoms with Crippen molar-refractivity contribution in [2.75, 3.05) is 20.3 Å². The number of ether oxygens (including phenoxy) is 4. The smallest absolute Gasteiger partial charge is 0.408 e. The summed E-state index contributed by atoms with van der Waals surface area (Å²) in [5.41, 5.74) is -1.39. The number of nitrogens with one attached hydrogen (secondary N) is 2. The van der Waals surface area contributed by atoms with E-state index >= 15 is 0 Å². The number of benzene rings is 1. The molecule has 2 aromatic rings. The van der Waals surface area contributed by atoms with Gasteiger partial charge in [0.2, 0.25) is 17.7 Å². The highest BCUT2D eigenvalue weighted by Crippen LogP contribution is 2.48. The highest BCUT2D eigenvalue weighted by Gasteiger charge is 2.62. The van der Waals surface area contributed by atoms with Crippen LogP contribution in [0.15, 0.2) is 24.3 Å². The summed E-state index contributed by atoms with van der Waals surface area (Å²) in [7, 11) is 1.32. The zero-order chi connectivity index (χ0) is 34.6. The van der Waals surface area contributed by atoms with Crippen molar-refractivity contribution in [1.82, 2.24) is 20.5 Å². The van der Waals surface area contributed by atoms with Crippen molar-refractivity contribution in [2.45, 2.75) is 115 Å². The Balaban J connectivity index is 1.47. The summed E-state index contributed by atoms with van der Waals surface area (Å²) in [6, 6.07) is 5.13. The number of esters is 1. The monoisotopic (exact) mass is 686 g/mol. The molecule has 0 radical (unpaired) electrons. The number of carbonyl (C=O) groups excluding carboxylic acids is 4. The van der Waals surface area contributed by atoms with E-state index in [-0.39, 0.29) is 18.9 Å². The van der Waals surface area contributed by atoms with E-state index in [0.717, 1.165) is 32.1 Å². The summed E-state index contributed by atoms with van der Waals surface area (Å²) in [5, 5.41) is 6.85. The van der Waals surface area contributed by atoms with Crippen LogP contribution in [0, 0.1) is 5.92 Å². The van der Waals surface area contributed by atoms with E-state index in [0.29, 0.717) is 53.4 Å². The topological polar surface area (TPSA) is 145 Å². The average molecular weight is 687 g/mol. The molecule has 0 spiro atoms. The molecule has 13 heteroatoms. The Kier molecular flexibility index (Phi) is 10.9. The van der Waals surface area contributed by atoms with Crippen molar-refractivity contribution < 1.29 is 38.1 Å². The molecule has 1 aromatic heterocycles. The molecule has 3 aliphatic rings. The maximum atomic E-state index is 14.3. The Morgan fingerprint density at radius 3 is 2.56 bits per heavy atom. The molecule has 5 unspecified atom stereocenters. The minimum Gasteiger partial charge on any atom is -0.488 e. The molecule has 1 saturated carbocycles. The molecule has 12 nitrogen and oxygen atoms in total. The Morgan fingerprint density at radius 2 is 1.85 bits per heavy atom. The van der Waals surface area contributed by atoms with Crippen LogP contribution in [0.25, 0.3) is 10.9 Å². The van der Waals surface area contributed by atoms with Gasteiger partial charge in [-0.1, -0.05) is 49.8 Å². The lowest BCUT2D eigenvalue weighted by Crippen LogP contribution is -2.56. The number of halogens is 1.